The zero-order valence-corrected chi connectivity index (χ0v) is 15.7. The number of phenols is 1. The molecule has 0 aliphatic rings. The predicted molar refractivity (Wildman–Crippen MR) is 98.3 cm³/mol. The number of aromatic hydroxyl groups is 1. The van der Waals surface area contributed by atoms with Crippen molar-refractivity contribution in [2.45, 2.75) is 6.92 Å². The van der Waals surface area contributed by atoms with Crippen molar-refractivity contribution in [3.8, 4) is 5.75 Å². The van der Waals surface area contributed by atoms with Crippen molar-refractivity contribution in [2.24, 2.45) is 12.1 Å². The number of aromatic nitrogens is 1. The number of hydrazone groups is 1. The van der Waals surface area contributed by atoms with Crippen molar-refractivity contribution in [3.63, 3.8) is 0 Å². The van der Waals surface area contributed by atoms with Gasteiger partial charge in [-0.1, -0.05) is 15.9 Å². The van der Waals surface area contributed by atoms with E-state index < -0.39 is 23.4 Å². The SMILES string of the molecule is C/C(=N\NC(=O)c1cc(Br)ccc1O)c1cc2c(F)c(F)c(F)cc2n1C. The lowest BCUT2D eigenvalue weighted by molar-refractivity contribution is 0.0952. The van der Waals surface area contributed by atoms with Gasteiger partial charge in [0.15, 0.2) is 17.5 Å². The normalized spacial score (nSPS) is 11.9. The Hall–Kier alpha value is -2.81. The number of carbonyl (C=O) groups excluding carboxylic acids is 1. The number of nitrogens with zero attached hydrogens (tertiary/aromatic N) is 2. The van der Waals surface area contributed by atoms with Crippen LogP contribution in [-0.4, -0.2) is 21.3 Å². The molecule has 3 aromatic rings. The molecular weight excluding hydrogens is 427 g/mol. The molecule has 0 aliphatic heterocycles. The van der Waals surface area contributed by atoms with E-state index in [0.29, 0.717) is 10.2 Å². The Morgan fingerprint density at radius 3 is 2.59 bits per heavy atom. The van der Waals surface area contributed by atoms with Crippen LogP contribution in [0.4, 0.5) is 13.2 Å². The van der Waals surface area contributed by atoms with E-state index in [1.165, 1.54) is 29.8 Å². The second-order valence-corrected chi connectivity index (χ2v) is 6.72. The minimum absolute atomic E-state index is 0.00755. The number of halogens is 4. The Kier molecular flexibility index (Phi) is 4.97. The van der Waals surface area contributed by atoms with Gasteiger partial charge in [0.05, 0.1) is 22.5 Å². The summed E-state index contributed by atoms with van der Waals surface area (Å²) in [5, 5.41) is 13.6. The zero-order chi connectivity index (χ0) is 19.9. The van der Waals surface area contributed by atoms with Crippen LogP contribution in [0.25, 0.3) is 10.9 Å². The van der Waals surface area contributed by atoms with Crippen molar-refractivity contribution in [2.75, 3.05) is 0 Å². The summed E-state index contributed by atoms with van der Waals surface area (Å²) in [6.07, 6.45) is 0. The molecule has 27 heavy (non-hydrogen) atoms. The molecule has 0 spiro atoms. The molecule has 0 fully saturated rings. The predicted octanol–water partition coefficient (Wildman–Crippen LogP) is 4.22. The fourth-order valence-corrected chi connectivity index (χ4v) is 3.03. The summed E-state index contributed by atoms with van der Waals surface area (Å²) >= 11 is 3.20. The Bertz CT molecular complexity index is 1110. The van der Waals surface area contributed by atoms with Crippen molar-refractivity contribution < 1.29 is 23.1 Å². The number of fused-ring (bicyclic) bond motifs is 1. The molecule has 0 saturated heterocycles. The first kappa shape index (κ1) is 19.0. The van der Waals surface area contributed by atoms with Gasteiger partial charge < -0.3 is 9.67 Å². The number of hydrogen-bond acceptors (Lipinski definition) is 3. The molecule has 1 amide bonds. The Morgan fingerprint density at radius 2 is 1.89 bits per heavy atom. The third-order valence-corrected chi connectivity index (χ3v) is 4.57. The van der Waals surface area contributed by atoms with E-state index in [-0.39, 0.29) is 27.9 Å². The van der Waals surface area contributed by atoms with E-state index in [1.54, 1.807) is 13.0 Å². The summed E-state index contributed by atoms with van der Waals surface area (Å²) < 4.78 is 42.9. The van der Waals surface area contributed by atoms with Crippen LogP contribution in [0, 0.1) is 17.5 Å². The molecule has 0 radical (unpaired) electrons. The van der Waals surface area contributed by atoms with Crippen LogP contribution in [-0.2, 0) is 7.05 Å². The molecule has 0 bridgehead atoms. The first-order valence-corrected chi connectivity index (χ1v) is 8.46. The topological polar surface area (TPSA) is 66.6 Å². The molecule has 0 aliphatic carbocycles. The van der Waals surface area contributed by atoms with E-state index in [4.69, 9.17) is 0 Å². The Balaban J connectivity index is 1.95. The molecule has 140 valence electrons. The fraction of sp³-hybridized carbons (Fsp3) is 0.111. The monoisotopic (exact) mass is 439 g/mol. The van der Waals surface area contributed by atoms with Gasteiger partial charge in [-0.15, -0.1) is 0 Å². The molecule has 0 saturated carbocycles. The zero-order valence-electron chi connectivity index (χ0n) is 14.1. The van der Waals surface area contributed by atoms with Gasteiger partial charge in [0.2, 0.25) is 0 Å². The largest absolute Gasteiger partial charge is 0.507 e. The highest BCUT2D eigenvalue weighted by atomic mass is 79.9. The van der Waals surface area contributed by atoms with Gasteiger partial charge in [-0.2, -0.15) is 5.10 Å². The van der Waals surface area contributed by atoms with Crippen LogP contribution in [0.2, 0.25) is 0 Å². The van der Waals surface area contributed by atoms with Gasteiger partial charge in [0, 0.05) is 23.0 Å². The summed E-state index contributed by atoms with van der Waals surface area (Å²) in [4.78, 5) is 12.2. The molecule has 9 heteroatoms. The smallest absolute Gasteiger partial charge is 0.275 e. The third-order valence-electron chi connectivity index (χ3n) is 4.08. The number of nitrogens with one attached hydrogen (secondary N) is 1. The highest BCUT2D eigenvalue weighted by molar-refractivity contribution is 9.10. The molecular formula is C18H13BrF3N3O2. The number of hydrogen-bond donors (Lipinski definition) is 2. The maximum Gasteiger partial charge on any atom is 0.275 e. The molecule has 2 N–H and O–H groups in total. The number of carbonyl (C=O) groups is 1. The summed E-state index contributed by atoms with van der Waals surface area (Å²) in [5.74, 6) is -5.01. The molecule has 0 unspecified atom stereocenters. The van der Waals surface area contributed by atoms with Crippen LogP contribution in [0.3, 0.4) is 0 Å². The van der Waals surface area contributed by atoms with E-state index in [9.17, 15) is 23.1 Å². The molecule has 3 rings (SSSR count). The summed E-state index contributed by atoms with van der Waals surface area (Å²) in [6, 6.07) is 6.55. The molecule has 1 aromatic heterocycles. The standard InChI is InChI=1S/C18H13BrF3N3O2/c1-8(23-24-18(27)11-5-9(19)3-4-15(11)26)13-6-10-14(25(13)2)7-12(20)17(22)16(10)21/h3-7,26H,1-2H3,(H,24,27)/b23-8+. The summed E-state index contributed by atoms with van der Waals surface area (Å²) in [5.41, 5.74) is 3.07. The molecule has 1 heterocycles. The van der Waals surface area contributed by atoms with Gasteiger partial charge in [0.25, 0.3) is 5.91 Å². The quantitative estimate of drug-likeness (QED) is 0.364. The van der Waals surface area contributed by atoms with Crippen LogP contribution in [0.5, 0.6) is 5.75 Å². The first-order valence-electron chi connectivity index (χ1n) is 7.67. The first-order chi connectivity index (χ1) is 12.7. The second kappa shape index (κ2) is 7.07. The van der Waals surface area contributed by atoms with Crippen LogP contribution < -0.4 is 5.43 Å². The van der Waals surface area contributed by atoms with E-state index in [1.807, 2.05) is 0 Å². The van der Waals surface area contributed by atoms with Crippen LogP contribution in [0.1, 0.15) is 23.0 Å². The highest BCUT2D eigenvalue weighted by Crippen LogP contribution is 2.26. The summed E-state index contributed by atoms with van der Waals surface area (Å²) in [6.45, 7) is 1.54. The van der Waals surface area contributed by atoms with Crippen molar-refractivity contribution in [1.82, 2.24) is 9.99 Å². The second-order valence-electron chi connectivity index (χ2n) is 5.81. The maximum atomic E-state index is 14.0. The molecule has 0 atom stereocenters. The van der Waals surface area contributed by atoms with Crippen molar-refractivity contribution >= 4 is 38.5 Å². The number of rotatable bonds is 3. The van der Waals surface area contributed by atoms with E-state index in [0.717, 1.165) is 6.07 Å². The lowest BCUT2D eigenvalue weighted by Gasteiger charge is -2.06. The average molecular weight is 440 g/mol. The van der Waals surface area contributed by atoms with Crippen molar-refractivity contribution in [3.05, 3.63) is 63.5 Å². The maximum absolute atomic E-state index is 14.0. The molecule has 5 nitrogen and oxygen atoms in total. The number of benzene rings is 2. The molecule has 2 aromatic carbocycles. The van der Waals surface area contributed by atoms with E-state index in [2.05, 4.69) is 26.5 Å². The highest BCUT2D eigenvalue weighted by Gasteiger charge is 2.19. The van der Waals surface area contributed by atoms with Gasteiger partial charge in [-0.05, 0) is 31.2 Å². The lowest BCUT2D eigenvalue weighted by atomic mass is 10.2. The van der Waals surface area contributed by atoms with Crippen molar-refractivity contribution in [1.29, 1.82) is 0 Å². The van der Waals surface area contributed by atoms with E-state index >= 15 is 0 Å². The van der Waals surface area contributed by atoms with Crippen LogP contribution >= 0.6 is 15.9 Å². The minimum Gasteiger partial charge on any atom is -0.507 e. The van der Waals surface area contributed by atoms with Crippen LogP contribution in [0.15, 0.2) is 39.9 Å². The van der Waals surface area contributed by atoms with Gasteiger partial charge in [0.1, 0.15) is 5.75 Å². The van der Waals surface area contributed by atoms with Gasteiger partial charge in [-0.25, -0.2) is 18.6 Å². The van der Waals surface area contributed by atoms with Gasteiger partial charge in [-0.3, -0.25) is 4.79 Å². The summed E-state index contributed by atoms with van der Waals surface area (Å²) in [7, 11) is 1.54. The third kappa shape index (κ3) is 3.42. The number of phenolic OH excluding ortho intramolecular Hbond substituents is 1. The van der Waals surface area contributed by atoms with Gasteiger partial charge >= 0.3 is 0 Å². The fourth-order valence-electron chi connectivity index (χ4n) is 2.66. The Morgan fingerprint density at radius 1 is 1.19 bits per heavy atom. The lowest BCUT2D eigenvalue weighted by Crippen LogP contribution is -2.20. The Labute approximate surface area is 160 Å². The number of amides is 1. The number of aryl methyl sites for hydroxylation is 1. The average Bonchev–Trinajstić information content (AvgIpc) is 2.96. The minimum atomic E-state index is -1.55.